The van der Waals surface area contributed by atoms with Gasteiger partial charge in [0.15, 0.2) is 11.5 Å². The summed E-state index contributed by atoms with van der Waals surface area (Å²) >= 11 is 1.72. The summed E-state index contributed by atoms with van der Waals surface area (Å²) in [4.78, 5) is 31.4. The third kappa shape index (κ3) is 6.03. The second-order valence-electron chi connectivity index (χ2n) is 10.1. The Morgan fingerprint density at radius 3 is 2.59 bits per heavy atom. The Balaban J connectivity index is 1.50. The smallest absolute Gasteiger partial charge is 0.318 e. The first kappa shape index (κ1) is 24.4. The molecule has 34 heavy (non-hydrogen) atoms. The van der Waals surface area contributed by atoms with Crippen molar-refractivity contribution < 1.29 is 19.1 Å². The molecule has 7 nitrogen and oxygen atoms in total. The standard InChI is InChI=1S/C26H35N3O4S/c1-26(2,3)27-25(31)28(15-18-9-10-18)16-24(30)29-13-11-23-19(12-14-34-23)20(29)17-33-22-8-6-5-7-21(22)32-4/h5-8,12,14,18,20H,9-11,13,15-17H2,1-4H3,(H,27,31)/t20-/m1/s1. The van der Waals surface area contributed by atoms with E-state index in [4.69, 9.17) is 9.47 Å². The monoisotopic (exact) mass is 485 g/mol. The van der Waals surface area contributed by atoms with Crippen molar-refractivity contribution in [3.05, 3.63) is 46.2 Å². The maximum atomic E-state index is 13.6. The molecule has 0 bridgehead atoms. The molecule has 2 heterocycles. The number of nitrogens with zero attached hydrogens (tertiary/aromatic N) is 2. The van der Waals surface area contributed by atoms with E-state index in [1.807, 2.05) is 49.9 Å². The summed E-state index contributed by atoms with van der Waals surface area (Å²) in [6.45, 7) is 7.50. The quantitative estimate of drug-likeness (QED) is 0.598. The van der Waals surface area contributed by atoms with Gasteiger partial charge in [0, 0.05) is 23.5 Å². The van der Waals surface area contributed by atoms with Gasteiger partial charge in [-0.25, -0.2) is 4.79 Å². The fraction of sp³-hybridized carbons (Fsp3) is 0.538. The lowest BCUT2D eigenvalue weighted by molar-refractivity contribution is -0.135. The van der Waals surface area contributed by atoms with Gasteiger partial charge in [-0.2, -0.15) is 0 Å². The normalized spacial score (nSPS) is 17.6. The van der Waals surface area contributed by atoms with Crippen LogP contribution in [-0.2, 0) is 11.2 Å². The van der Waals surface area contributed by atoms with Crippen molar-refractivity contribution in [2.75, 3.05) is 33.4 Å². The number of carbonyl (C=O) groups excluding carboxylic acids is 2. The van der Waals surface area contributed by atoms with Crippen molar-refractivity contribution in [3.8, 4) is 11.5 Å². The van der Waals surface area contributed by atoms with Crippen LogP contribution in [0.25, 0.3) is 0 Å². The molecule has 1 aromatic heterocycles. The van der Waals surface area contributed by atoms with Crippen molar-refractivity contribution in [1.29, 1.82) is 0 Å². The summed E-state index contributed by atoms with van der Waals surface area (Å²) in [5.41, 5.74) is 0.774. The average Bonchev–Trinajstić information content (AvgIpc) is 3.48. The Kier molecular flexibility index (Phi) is 7.36. The van der Waals surface area contributed by atoms with Crippen molar-refractivity contribution >= 4 is 23.3 Å². The van der Waals surface area contributed by atoms with Crippen LogP contribution in [0.4, 0.5) is 4.79 Å². The van der Waals surface area contributed by atoms with Gasteiger partial charge in [-0.3, -0.25) is 4.79 Å². The highest BCUT2D eigenvalue weighted by Gasteiger charge is 2.35. The Morgan fingerprint density at radius 2 is 1.91 bits per heavy atom. The van der Waals surface area contributed by atoms with E-state index in [0.29, 0.717) is 37.1 Å². The van der Waals surface area contributed by atoms with Crippen molar-refractivity contribution in [1.82, 2.24) is 15.1 Å². The minimum absolute atomic E-state index is 0.0461. The number of hydrogen-bond acceptors (Lipinski definition) is 5. The largest absolute Gasteiger partial charge is 0.493 e. The number of amides is 3. The lowest BCUT2D eigenvalue weighted by Crippen LogP contribution is -2.53. The zero-order chi connectivity index (χ0) is 24.3. The predicted octanol–water partition coefficient (Wildman–Crippen LogP) is 4.48. The zero-order valence-electron chi connectivity index (χ0n) is 20.5. The zero-order valence-corrected chi connectivity index (χ0v) is 21.3. The van der Waals surface area contributed by atoms with Crippen LogP contribution in [0.3, 0.4) is 0 Å². The van der Waals surface area contributed by atoms with E-state index in [2.05, 4.69) is 16.8 Å². The van der Waals surface area contributed by atoms with Crippen molar-refractivity contribution in [3.63, 3.8) is 0 Å². The molecule has 1 aliphatic heterocycles. The van der Waals surface area contributed by atoms with Crippen molar-refractivity contribution in [2.45, 2.75) is 51.6 Å². The first-order valence-corrected chi connectivity index (χ1v) is 12.8. The summed E-state index contributed by atoms with van der Waals surface area (Å²) in [5.74, 6) is 1.76. The second kappa shape index (κ2) is 10.3. The van der Waals surface area contributed by atoms with E-state index < -0.39 is 0 Å². The van der Waals surface area contributed by atoms with Gasteiger partial charge >= 0.3 is 6.03 Å². The Bertz CT molecular complexity index is 1010. The van der Waals surface area contributed by atoms with Crippen LogP contribution >= 0.6 is 11.3 Å². The molecule has 0 spiro atoms. The summed E-state index contributed by atoms with van der Waals surface area (Å²) in [5, 5.41) is 5.10. The van der Waals surface area contributed by atoms with Crippen LogP contribution in [0.5, 0.6) is 11.5 Å². The maximum Gasteiger partial charge on any atom is 0.318 e. The summed E-state index contributed by atoms with van der Waals surface area (Å²) in [6, 6.07) is 9.24. The molecule has 1 atom stereocenters. The van der Waals surface area contributed by atoms with Crippen molar-refractivity contribution in [2.24, 2.45) is 5.92 Å². The SMILES string of the molecule is COc1ccccc1OC[C@@H]1c2ccsc2CCN1C(=O)CN(CC1CC1)C(=O)NC(C)(C)C. The van der Waals surface area contributed by atoms with Gasteiger partial charge < -0.3 is 24.6 Å². The van der Waals surface area contributed by atoms with Gasteiger partial charge in [0.05, 0.1) is 13.2 Å². The van der Waals surface area contributed by atoms with Crippen LogP contribution in [-0.4, -0.2) is 60.6 Å². The third-order valence-electron chi connectivity index (χ3n) is 6.15. The van der Waals surface area contributed by atoms with Gasteiger partial charge in [0.2, 0.25) is 5.91 Å². The van der Waals surface area contributed by atoms with Gasteiger partial charge in [-0.15, -0.1) is 11.3 Å². The Morgan fingerprint density at radius 1 is 1.18 bits per heavy atom. The van der Waals surface area contributed by atoms with Crippen LogP contribution < -0.4 is 14.8 Å². The predicted molar refractivity (Wildman–Crippen MR) is 134 cm³/mol. The molecular formula is C26H35N3O4S. The summed E-state index contributed by atoms with van der Waals surface area (Å²) < 4.78 is 11.6. The molecule has 1 aromatic carbocycles. The minimum Gasteiger partial charge on any atom is -0.493 e. The number of methoxy groups -OCH3 is 1. The first-order valence-electron chi connectivity index (χ1n) is 11.9. The number of hydrogen-bond donors (Lipinski definition) is 1. The molecule has 1 saturated carbocycles. The number of rotatable bonds is 8. The van der Waals surface area contributed by atoms with E-state index in [0.717, 1.165) is 24.8 Å². The van der Waals surface area contributed by atoms with E-state index in [1.54, 1.807) is 23.3 Å². The molecule has 8 heteroatoms. The molecule has 1 aliphatic carbocycles. The van der Waals surface area contributed by atoms with Crippen LogP contribution in [0.2, 0.25) is 0 Å². The molecule has 184 valence electrons. The number of thiophene rings is 1. The number of carbonyl (C=O) groups is 2. The lowest BCUT2D eigenvalue weighted by Gasteiger charge is -2.37. The number of benzene rings is 1. The second-order valence-corrected chi connectivity index (χ2v) is 11.1. The van der Waals surface area contributed by atoms with Gasteiger partial charge in [0.25, 0.3) is 0 Å². The van der Waals surface area contributed by atoms with Crippen LogP contribution in [0.15, 0.2) is 35.7 Å². The maximum absolute atomic E-state index is 13.6. The lowest BCUT2D eigenvalue weighted by atomic mass is 10.0. The number of fused-ring (bicyclic) bond motifs is 1. The average molecular weight is 486 g/mol. The molecular weight excluding hydrogens is 450 g/mol. The van der Waals surface area contributed by atoms with E-state index in [9.17, 15) is 9.59 Å². The molecule has 0 unspecified atom stereocenters. The molecule has 4 rings (SSSR count). The molecule has 0 saturated heterocycles. The van der Waals surface area contributed by atoms with Crippen LogP contribution in [0, 0.1) is 5.92 Å². The van der Waals surface area contributed by atoms with Gasteiger partial charge in [0.1, 0.15) is 13.2 Å². The minimum atomic E-state index is -0.357. The molecule has 0 radical (unpaired) electrons. The van der Waals surface area contributed by atoms with E-state index in [-0.39, 0.29) is 30.1 Å². The highest BCUT2D eigenvalue weighted by Crippen LogP contribution is 2.35. The molecule has 1 fully saturated rings. The van der Waals surface area contributed by atoms with Gasteiger partial charge in [-0.1, -0.05) is 12.1 Å². The summed E-state index contributed by atoms with van der Waals surface area (Å²) in [7, 11) is 1.62. The fourth-order valence-corrected chi connectivity index (χ4v) is 5.19. The summed E-state index contributed by atoms with van der Waals surface area (Å²) in [6.07, 6.45) is 3.05. The topological polar surface area (TPSA) is 71.1 Å². The van der Waals surface area contributed by atoms with E-state index >= 15 is 0 Å². The Hall–Kier alpha value is -2.74. The molecule has 3 amide bonds. The van der Waals surface area contributed by atoms with E-state index in [1.165, 1.54) is 4.88 Å². The number of para-hydroxylation sites is 2. The third-order valence-corrected chi connectivity index (χ3v) is 7.15. The number of urea groups is 1. The Labute approximate surface area is 206 Å². The molecule has 2 aromatic rings. The first-order chi connectivity index (χ1) is 16.2. The molecule has 1 N–H and O–H groups in total. The van der Waals surface area contributed by atoms with Gasteiger partial charge in [-0.05, 0) is 75.1 Å². The number of nitrogens with one attached hydrogen (secondary N) is 1. The highest BCUT2D eigenvalue weighted by atomic mass is 32.1. The number of ether oxygens (including phenoxy) is 2. The fourth-order valence-electron chi connectivity index (χ4n) is 4.27. The van der Waals surface area contributed by atoms with Crippen LogP contribution in [0.1, 0.15) is 50.1 Å². The highest BCUT2D eigenvalue weighted by molar-refractivity contribution is 7.10. The molecule has 2 aliphatic rings.